The van der Waals surface area contributed by atoms with Crippen molar-refractivity contribution in [3.05, 3.63) is 47.6 Å². The number of aryl methyl sites for hydroxylation is 1. The Labute approximate surface area is 141 Å². The van der Waals surface area contributed by atoms with Gasteiger partial charge in [0.2, 0.25) is 12.3 Å². The molecule has 0 unspecified atom stereocenters. The number of hydrogen-bond donors (Lipinski definition) is 1. The molecule has 1 N–H and O–H groups in total. The van der Waals surface area contributed by atoms with Gasteiger partial charge in [-0.1, -0.05) is 36.3 Å². The van der Waals surface area contributed by atoms with Crippen LogP contribution in [0, 0.1) is 0 Å². The molecule has 2 aromatic rings. The molecule has 1 aliphatic heterocycles. The first-order valence-electron chi connectivity index (χ1n) is 8.40. The van der Waals surface area contributed by atoms with Crippen LogP contribution in [0.4, 0.5) is 0 Å². The van der Waals surface area contributed by atoms with Crippen LogP contribution < -0.4 is 5.32 Å². The molecule has 3 rings (SSSR count). The number of nitrogens with zero attached hydrogens (tertiary/aromatic N) is 2. The van der Waals surface area contributed by atoms with Gasteiger partial charge in [0.15, 0.2) is 5.82 Å². The third kappa shape index (κ3) is 3.33. The van der Waals surface area contributed by atoms with Crippen molar-refractivity contribution in [2.24, 2.45) is 0 Å². The number of aromatic nitrogens is 2. The van der Waals surface area contributed by atoms with Crippen molar-refractivity contribution in [1.29, 1.82) is 0 Å². The van der Waals surface area contributed by atoms with E-state index in [4.69, 9.17) is 9.26 Å². The zero-order valence-corrected chi connectivity index (χ0v) is 14.1. The molecule has 1 fully saturated rings. The SMILES string of the molecule is CCc1ccc([C@@H](C)C(=O)NC2(c3ncon3)CCOCC2)cc1. The summed E-state index contributed by atoms with van der Waals surface area (Å²) in [5.74, 6) is 0.237. The van der Waals surface area contributed by atoms with Crippen molar-refractivity contribution in [2.45, 2.75) is 44.6 Å². The maximum atomic E-state index is 12.8. The van der Waals surface area contributed by atoms with Gasteiger partial charge in [0.1, 0.15) is 5.54 Å². The Morgan fingerprint density at radius 2 is 2.00 bits per heavy atom. The molecule has 1 aromatic carbocycles. The average molecular weight is 329 g/mol. The number of amides is 1. The summed E-state index contributed by atoms with van der Waals surface area (Å²) in [7, 11) is 0. The Hall–Kier alpha value is -2.21. The quantitative estimate of drug-likeness (QED) is 0.912. The van der Waals surface area contributed by atoms with Gasteiger partial charge in [-0.2, -0.15) is 4.98 Å². The van der Waals surface area contributed by atoms with Gasteiger partial charge >= 0.3 is 0 Å². The molecule has 24 heavy (non-hydrogen) atoms. The molecule has 6 heteroatoms. The maximum absolute atomic E-state index is 12.8. The minimum absolute atomic E-state index is 0.0362. The summed E-state index contributed by atoms with van der Waals surface area (Å²) in [6.07, 6.45) is 3.56. The maximum Gasteiger partial charge on any atom is 0.228 e. The number of hydrogen-bond acceptors (Lipinski definition) is 5. The first-order chi connectivity index (χ1) is 11.6. The highest BCUT2D eigenvalue weighted by atomic mass is 16.5. The molecule has 1 aliphatic rings. The van der Waals surface area contributed by atoms with Gasteiger partial charge in [-0.25, -0.2) is 0 Å². The molecule has 1 aromatic heterocycles. The number of benzene rings is 1. The molecule has 0 bridgehead atoms. The van der Waals surface area contributed by atoms with E-state index in [1.165, 1.54) is 12.0 Å². The van der Waals surface area contributed by atoms with Crippen molar-refractivity contribution in [3.63, 3.8) is 0 Å². The van der Waals surface area contributed by atoms with Crippen LogP contribution in [0.3, 0.4) is 0 Å². The van der Waals surface area contributed by atoms with Crippen molar-refractivity contribution in [3.8, 4) is 0 Å². The fourth-order valence-corrected chi connectivity index (χ4v) is 3.04. The van der Waals surface area contributed by atoms with Crippen LogP contribution in [0.5, 0.6) is 0 Å². The zero-order valence-electron chi connectivity index (χ0n) is 14.1. The molecule has 1 atom stereocenters. The average Bonchev–Trinajstić information content (AvgIpc) is 3.17. The highest BCUT2D eigenvalue weighted by molar-refractivity contribution is 5.84. The molecular formula is C18H23N3O3. The summed E-state index contributed by atoms with van der Waals surface area (Å²) in [5.41, 5.74) is 1.65. The summed E-state index contributed by atoms with van der Waals surface area (Å²) in [4.78, 5) is 17.0. The second-order valence-corrected chi connectivity index (χ2v) is 6.26. The lowest BCUT2D eigenvalue weighted by atomic mass is 9.87. The lowest BCUT2D eigenvalue weighted by Crippen LogP contribution is -2.51. The Morgan fingerprint density at radius 3 is 2.58 bits per heavy atom. The van der Waals surface area contributed by atoms with Gasteiger partial charge in [0.25, 0.3) is 0 Å². The molecule has 1 amide bonds. The van der Waals surface area contributed by atoms with E-state index in [9.17, 15) is 4.79 Å². The Morgan fingerprint density at radius 1 is 1.29 bits per heavy atom. The molecule has 128 valence electrons. The topological polar surface area (TPSA) is 77.3 Å². The first kappa shape index (κ1) is 16.6. The largest absolute Gasteiger partial charge is 0.381 e. The highest BCUT2D eigenvalue weighted by Crippen LogP contribution is 2.31. The molecule has 0 spiro atoms. The molecular weight excluding hydrogens is 306 g/mol. The van der Waals surface area contributed by atoms with Crippen LogP contribution in [0.2, 0.25) is 0 Å². The number of nitrogens with one attached hydrogen (secondary N) is 1. The third-order valence-corrected chi connectivity index (χ3v) is 4.78. The Balaban J connectivity index is 1.77. The molecule has 0 radical (unpaired) electrons. The number of ether oxygens (including phenoxy) is 1. The second kappa shape index (κ2) is 7.13. The fourth-order valence-electron chi connectivity index (χ4n) is 3.04. The van der Waals surface area contributed by atoms with E-state index >= 15 is 0 Å². The van der Waals surface area contributed by atoms with E-state index in [1.54, 1.807) is 0 Å². The number of rotatable bonds is 5. The first-order valence-corrected chi connectivity index (χ1v) is 8.40. The van der Waals surface area contributed by atoms with Crippen molar-refractivity contribution in [1.82, 2.24) is 15.5 Å². The van der Waals surface area contributed by atoms with Gasteiger partial charge < -0.3 is 14.6 Å². The van der Waals surface area contributed by atoms with Gasteiger partial charge in [0, 0.05) is 26.1 Å². The van der Waals surface area contributed by atoms with Gasteiger partial charge in [-0.3, -0.25) is 4.79 Å². The summed E-state index contributed by atoms with van der Waals surface area (Å²) >= 11 is 0. The van der Waals surface area contributed by atoms with Gasteiger partial charge in [-0.15, -0.1) is 0 Å². The van der Waals surface area contributed by atoms with Crippen LogP contribution in [-0.2, 0) is 21.5 Å². The van der Waals surface area contributed by atoms with Crippen LogP contribution in [0.1, 0.15) is 49.6 Å². The zero-order chi connectivity index (χ0) is 17.0. The smallest absolute Gasteiger partial charge is 0.228 e. The van der Waals surface area contributed by atoms with E-state index in [-0.39, 0.29) is 11.8 Å². The standard InChI is InChI=1S/C18H23N3O3/c1-3-14-4-6-15(7-5-14)13(2)16(22)20-18(8-10-23-11-9-18)17-19-12-24-21-17/h4-7,12-13H,3,8-11H2,1-2H3,(H,20,22)/t13-/m1/s1. The summed E-state index contributed by atoms with van der Waals surface area (Å²) < 4.78 is 10.3. The summed E-state index contributed by atoms with van der Waals surface area (Å²) in [6, 6.07) is 8.19. The van der Waals surface area contributed by atoms with Crippen LogP contribution >= 0.6 is 0 Å². The minimum atomic E-state index is -0.611. The molecule has 0 saturated carbocycles. The van der Waals surface area contributed by atoms with E-state index < -0.39 is 5.54 Å². The minimum Gasteiger partial charge on any atom is -0.381 e. The van der Waals surface area contributed by atoms with Crippen molar-refractivity contribution in [2.75, 3.05) is 13.2 Å². The van der Waals surface area contributed by atoms with E-state index in [2.05, 4.69) is 34.5 Å². The van der Waals surface area contributed by atoms with E-state index in [1.807, 2.05) is 19.1 Å². The summed E-state index contributed by atoms with van der Waals surface area (Å²) in [5, 5.41) is 7.12. The molecule has 0 aliphatic carbocycles. The predicted octanol–water partition coefficient (Wildman–Crippen LogP) is 2.56. The van der Waals surface area contributed by atoms with Crippen LogP contribution in [0.25, 0.3) is 0 Å². The number of carbonyl (C=O) groups excluding carboxylic acids is 1. The van der Waals surface area contributed by atoms with Gasteiger partial charge in [0.05, 0.1) is 5.92 Å². The lowest BCUT2D eigenvalue weighted by Gasteiger charge is -2.36. The molecule has 1 saturated heterocycles. The van der Waals surface area contributed by atoms with Crippen molar-refractivity contribution >= 4 is 5.91 Å². The van der Waals surface area contributed by atoms with Gasteiger partial charge in [-0.05, 0) is 24.5 Å². The molecule has 2 heterocycles. The number of carbonyl (C=O) groups is 1. The Bertz CT molecular complexity index is 661. The molecule has 6 nitrogen and oxygen atoms in total. The van der Waals surface area contributed by atoms with E-state index in [0.717, 1.165) is 12.0 Å². The third-order valence-electron chi connectivity index (χ3n) is 4.78. The monoisotopic (exact) mass is 329 g/mol. The van der Waals surface area contributed by atoms with Crippen LogP contribution in [0.15, 0.2) is 35.2 Å². The van der Waals surface area contributed by atoms with Crippen molar-refractivity contribution < 1.29 is 14.1 Å². The Kier molecular flexibility index (Phi) is 4.94. The predicted molar refractivity (Wildman–Crippen MR) is 88.4 cm³/mol. The second-order valence-electron chi connectivity index (χ2n) is 6.26. The fraction of sp³-hybridized carbons (Fsp3) is 0.500. The normalized spacial score (nSPS) is 18.1. The lowest BCUT2D eigenvalue weighted by molar-refractivity contribution is -0.125. The summed E-state index contributed by atoms with van der Waals surface area (Å²) in [6.45, 7) is 5.16. The van der Waals surface area contributed by atoms with Crippen LogP contribution in [-0.4, -0.2) is 29.3 Å². The highest BCUT2D eigenvalue weighted by Gasteiger charge is 2.40. The van der Waals surface area contributed by atoms with E-state index in [0.29, 0.717) is 31.9 Å².